The molecule has 0 unspecified atom stereocenters. The first kappa shape index (κ1) is 13.2. The summed E-state index contributed by atoms with van der Waals surface area (Å²) in [5.41, 5.74) is 4.36. The topological polar surface area (TPSA) is 68.0 Å². The Morgan fingerprint density at radius 2 is 2.05 bits per heavy atom. The first-order chi connectivity index (χ1) is 9.00. The first-order valence-electron chi connectivity index (χ1n) is 5.16. The third-order valence-electron chi connectivity index (χ3n) is 2.36. The molecule has 0 aliphatic rings. The molecule has 1 heterocycles. The third kappa shape index (κ3) is 2.63. The zero-order valence-electron chi connectivity index (χ0n) is 9.45. The molecule has 0 bridgehead atoms. The minimum Gasteiger partial charge on any atom is -0.396 e. The number of carbonyl (C=O) groups is 1. The number of rotatable bonds is 2. The molecule has 0 aliphatic heterocycles. The van der Waals surface area contributed by atoms with E-state index >= 15 is 0 Å². The van der Waals surface area contributed by atoms with Gasteiger partial charge in [0.2, 0.25) is 0 Å². The number of hydrogen-bond acceptors (Lipinski definition) is 3. The number of nitrogens with two attached hydrogens (primary N) is 1. The van der Waals surface area contributed by atoms with Gasteiger partial charge in [0.25, 0.3) is 5.91 Å². The highest BCUT2D eigenvalue weighted by Crippen LogP contribution is 2.22. The summed E-state index contributed by atoms with van der Waals surface area (Å²) in [7, 11) is 0. The second-order valence-electron chi connectivity index (χ2n) is 3.62. The lowest BCUT2D eigenvalue weighted by Crippen LogP contribution is -2.17. The van der Waals surface area contributed by atoms with Gasteiger partial charge in [-0.25, -0.2) is 13.8 Å². The lowest BCUT2D eigenvalue weighted by molar-refractivity contribution is 0.101. The molecule has 0 spiro atoms. The fourth-order valence-electron chi connectivity index (χ4n) is 1.44. The maximum atomic E-state index is 13.6. The molecule has 0 radical (unpaired) electrons. The second kappa shape index (κ2) is 5.19. The van der Waals surface area contributed by atoms with Crippen molar-refractivity contribution in [3.05, 3.63) is 52.8 Å². The van der Waals surface area contributed by atoms with Crippen LogP contribution >= 0.6 is 11.6 Å². The van der Waals surface area contributed by atoms with E-state index in [0.29, 0.717) is 0 Å². The van der Waals surface area contributed by atoms with Crippen LogP contribution in [0, 0.1) is 11.6 Å². The van der Waals surface area contributed by atoms with Crippen molar-refractivity contribution < 1.29 is 13.6 Å². The van der Waals surface area contributed by atoms with Crippen molar-refractivity contribution >= 4 is 28.9 Å². The average Bonchev–Trinajstić information content (AvgIpc) is 2.37. The van der Waals surface area contributed by atoms with E-state index in [2.05, 4.69) is 10.3 Å². The molecular formula is C12H8ClF2N3O. The van der Waals surface area contributed by atoms with Gasteiger partial charge in [-0.05, 0) is 24.3 Å². The lowest BCUT2D eigenvalue weighted by Gasteiger charge is -2.09. The van der Waals surface area contributed by atoms with Crippen LogP contribution in [0.5, 0.6) is 0 Å². The highest BCUT2D eigenvalue weighted by molar-refractivity contribution is 6.32. The summed E-state index contributed by atoms with van der Waals surface area (Å²) in [5, 5.41) is 2.28. The van der Waals surface area contributed by atoms with Gasteiger partial charge in [-0.3, -0.25) is 4.79 Å². The van der Waals surface area contributed by atoms with E-state index in [9.17, 15) is 13.6 Å². The normalized spacial score (nSPS) is 10.3. The van der Waals surface area contributed by atoms with Gasteiger partial charge in [-0.1, -0.05) is 11.6 Å². The smallest absolute Gasteiger partial charge is 0.261 e. The average molecular weight is 284 g/mol. The summed E-state index contributed by atoms with van der Waals surface area (Å²) in [5.74, 6) is -3.11. The first-order valence-corrected chi connectivity index (χ1v) is 5.54. The van der Waals surface area contributed by atoms with Gasteiger partial charge in [-0.2, -0.15) is 0 Å². The molecule has 1 amide bonds. The molecule has 2 rings (SSSR count). The predicted molar refractivity (Wildman–Crippen MR) is 68.0 cm³/mol. The minimum absolute atomic E-state index is 0.0144. The van der Waals surface area contributed by atoms with Crippen LogP contribution in [-0.2, 0) is 0 Å². The number of carbonyl (C=O) groups excluding carboxylic acids is 1. The number of pyridine rings is 1. The SMILES string of the molecule is Nc1ccc(F)c(C(=O)Nc2cccnc2Cl)c1F. The van der Waals surface area contributed by atoms with Crippen LogP contribution in [0.1, 0.15) is 10.4 Å². The molecule has 3 N–H and O–H groups in total. The van der Waals surface area contributed by atoms with Crippen LogP contribution in [-0.4, -0.2) is 10.9 Å². The fourth-order valence-corrected chi connectivity index (χ4v) is 1.61. The lowest BCUT2D eigenvalue weighted by atomic mass is 10.1. The summed E-state index contributed by atoms with van der Waals surface area (Å²) in [4.78, 5) is 15.6. The molecule has 4 nitrogen and oxygen atoms in total. The molecule has 1 aromatic heterocycles. The Labute approximate surface area is 112 Å². The van der Waals surface area contributed by atoms with E-state index in [1.54, 1.807) is 0 Å². The van der Waals surface area contributed by atoms with Gasteiger partial charge in [0.15, 0.2) is 11.0 Å². The summed E-state index contributed by atoms with van der Waals surface area (Å²) >= 11 is 5.73. The van der Waals surface area contributed by atoms with Gasteiger partial charge in [0, 0.05) is 6.20 Å². The molecule has 98 valence electrons. The zero-order chi connectivity index (χ0) is 14.0. The Morgan fingerprint density at radius 1 is 1.32 bits per heavy atom. The molecular weight excluding hydrogens is 276 g/mol. The predicted octanol–water partition coefficient (Wildman–Crippen LogP) is 2.85. The summed E-state index contributed by atoms with van der Waals surface area (Å²) in [6.07, 6.45) is 1.42. The number of nitrogens with one attached hydrogen (secondary N) is 1. The van der Waals surface area contributed by atoms with Crippen LogP contribution in [0.3, 0.4) is 0 Å². The van der Waals surface area contributed by atoms with Gasteiger partial charge >= 0.3 is 0 Å². The van der Waals surface area contributed by atoms with Crippen molar-refractivity contribution in [2.75, 3.05) is 11.1 Å². The van der Waals surface area contributed by atoms with Crippen LogP contribution in [0.15, 0.2) is 30.5 Å². The minimum atomic E-state index is -1.11. The fraction of sp³-hybridized carbons (Fsp3) is 0. The third-order valence-corrected chi connectivity index (χ3v) is 2.66. The Balaban J connectivity index is 2.36. The van der Waals surface area contributed by atoms with Crippen LogP contribution in [0.2, 0.25) is 5.15 Å². The van der Waals surface area contributed by atoms with E-state index in [-0.39, 0.29) is 16.5 Å². The molecule has 19 heavy (non-hydrogen) atoms. The monoisotopic (exact) mass is 283 g/mol. The Bertz CT molecular complexity index is 649. The van der Waals surface area contributed by atoms with E-state index in [1.165, 1.54) is 18.3 Å². The standard InChI is InChI=1S/C12H8ClF2N3O/c13-11-8(2-1-5-17-11)18-12(19)9-6(14)3-4-7(16)10(9)15/h1-5H,16H2,(H,18,19). The van der Waals surface area contributed by atoms with Crippen LogP contribution in [0.4, 0.5) is 20.2 Å². The molecule has 7 heteroatoms. The number of aromatic nitrogens is 1. The van der Waals surface area contributed by atoms with Crippen molar-refractivity contribution in [3.8, 4) is 0 Å². The van der Waals surface area contributed by atoms with E-state index in [1.807, 2.05) is 0 Å². The van der Waals surface area contributed by atoms with Crippen molar-refractivity contribution in [2.45, 2.75) is 0 Å². The molecule has 1 aromatic carbocycles. The number of nitrogen functional groups attached to an aromatic ring is 1. The highest BCUT2D eigenvalue weighted by Gasteiger charge is 2.20. The Hall–Kier alpha value is -2.21. The van der Waals surface area contributed by atoms with Gasteiger partial charge in [0.05, 0.1) is 11.4 Å². The van der Waals surface area contributed by atoms with Crippen LogP contribution in [0.25, 0.3) is 0 Å². The van der Waals surface area contributed by atoms with Gasteiger partial charge < -0.3 is 11.1 Å². The quantitative estimate of drug-likeness (QED) is 0.658. The number of amides is 1. The molecule has 0 fully saturated rings. The van der Waals surface area contributed by atoms with E-state index in [0.717, 1.165) is 12.1 Å². The van der Waals surface area contributed by atoms with E-state index < -0.39 is 23.1 Å². The summed E-state index contributed by atoms with van der Waals surface area (Å²) in [6, 6.07) is 4.93. The number of benzene rings is 1. The molecule has 0 aliphatic carbocycles. The van der Waals surface area contributed by atoms with Crippen molar-refractivity contribution in [1.82, 2.24) is 4.98 Å². The summed E-state index contributed by atoms with van der Waals surface area (Å²) < 4.78 is 27.1. The second-order valence-corrected chi connectivity index (χ2v) is 3.98. The van der Waals surface area contributed by atoms with Gasteiger partial charge in [-0.15, -0.1) is 0 Å². The number of nitrogens with zero attached hydrogens (tertiary/aromatic N) is 1. The van der Waals surface area contributed by atoms with E-state index in [4.69, 9.17) is 17.3 Å². The number of anilines is 2. The Morgan fingerprint density at radius 3 is 2.74 bits per heavy atom. The molecule has 0 saturated heterocycles. The maximum absolute atomic E-state index is 13.6. The number of halogens is 3. The van der Waals surface area contributed by atoms with Crippen molar-refractivity contribution in [3.63, 3.8) is 0 Å². The maximum Gasteiger partial charge on any atom is 0.261 e. The van der Waals surface area contributed by atoms with Crippen LogP contribution < -0.4 is 11.1 Å². The largest absolute Gasteiger partial charge is 0.396 e. The molecule has 2 aromatic rings. The van der Waals surface area contributed by atoms with Gasteiger partial charge in [0.1, 0.15) is 11.4 Å². The highest BCUT2D eigenvalue weighted by atomic mass is 35.5. The summed E-state index contributed by atoms with van der Waals surface area (Å²) in [6.45, 7) is 0. The Kier molecular flexibility index (Phi) is 3.62. The van der Waals surface area contributed by atoms with Crippen molar-refractivity contribution in [2.24, 2.45) is 0 Å². The molecule has 0 saturated carbocycles. The zero-order valence-corrected chi connectivity index (χ0v) is 10.2. The number of hydrogen-bond donors (Lipinski definition) is 2. The molecule has 0 atom stereocenters. The van der Waals surface area contributed by atoms with Crippen molar-refractivity contribution in [1.29, 1.82) is 0 Å².